The van der Waals surface area contributed by atoms with Gasteiger partial charge in [-0.3, -0.25) is 9.59 Å². The zero-order valence-corrected chi connectivity index (χ0v) is 24.4. The number of imidazole rings is 1. The standard InChI is InChI=1S/C34H37N7O2.CH4/c1-21-14-30-31(37-19-36-30)17-29(21)24-6-2-22(3-7-24)15-27(16-32(42)25-8-4-23(18-35)5-9-25)34(43)40-28-12-10-26(11-13-28)33-38-20-39-41-33;/h2-3,6-7,10-14,17,19,23,25,27H,4-5,8-9,15-16,18,20,35H2,1H3,(H,36,37)(H,40,43);1H4/t23?,25?,27-;/m1./s1. The lowest BCUT2D eigenvalue weighted by Gasteiger charge is -2.27. The van der Waals surface area contributed by atoms with Gasteiger partial charge in [0.25, 0.3) is 0 Å². The minimum Gasteiger partial charge on any atom is -0.345 e. The Kier molecular flexibility index (Phi) is 9.75. The second kappa shape index (κ2) is 13.9. The molecule has 6 rings (SSSR count). The van der Waals surface area contributed by atoms with Crippen LogP contribution in [0.4, 0.5) is 5.69 Å². The van der Waals surface area contributed by atoms with Crippen LogP contribution in [0.25, 0.3) is 22.2 Å². The highest BCUT2D eigenvalue weighted by atomic mass is 16.2. The number of hydrogen-bond donors (Lipinski definition) is 3. The van der Waals surface area contributed by atoms with Crippen molar-refractivity contribution in [3.05, 3.63) is 83.7 Å². The van der Waals surface area contributed by atoms with Crippen LogP contribution in [0.15, 0.2) is 82.2 Å². The summed E-state index contributed by atoms with van der Waals surface area (Å²) in [7, 11) is 0. The zero-order chi connectivity index (χ0) is 29.8. The number of aromatic amines is 1. The first kappa shape index (κ1) is 30.9. The van der Waals surface area contributed by atoms with Crippen molar-refractivity contribution in [3.63, 3.8) is 0 Å². The number of aryl methyl sites for hydroxylation is 1. The molecule has 1 saturated carbocycles. The smallest absolute Gasteiger partial charge is 0.228 e. The number of nitrogens with zero attached hydrogens (tertiary/aromatic N) is 4. The van der Waals surface area contributed by atoms with Gasteiger partial charge in [-0.25, -0.2) is 9.98 Å². The van der Waals surface area contributed by atoms with Crippen LogP contribution in [0.3, 0.4) is 0 Å². The van der Waals surface area contributed by atoms with Crippen LogP contribution in [0, 0.1) is 24.7 Å². The van der Waals surface area contributed by atoms with Gasteiger partial charge in [-0.1, -0.05) is 31.7 Å². The molecule has 0 saturated heterocycles. The van der Waals surface area contributed by atoms with Gasteiger partial charge in [-0.15, -0.1) is 5.11 Å². The Morgan fingerprint density at radius 3 is 2.41 bits per heavy atom. The molecule has 0 bridgehead atoms. The van der Waals surface area contributed by atoms with Crippen molar-refractivity contribution in [1.29, 1.82) is 0 Å². The third-order valence-electron chi connectivity index (χ3n) is 8.83. The number of rotatable bonds is 10. The Morgan fingerprint density at radius 1 is 1.00 bits per heavy atom. The quantitative estimate of drug-likeness (QED) is 0.185. The number of anilines is 1. The number of nitrogens with two attached hydrogens (primary N) is 1. The number of aromatic nitrogens is 2. The number of amides is 1. The fourth-order valence-electron chi connectivity index (χ4n) is 6.22. The molecule has 4 aromatic rings. The van der Waals surface area contributed by atoms with Gasteiger partial charge in [-0.05, 0) is 110 Å². The van der Waals surface area contributed by atoms with Gasteiger partial charge in [0.2, 0.25) is 5.91 Å². The largest absolute Gasteiger partial charge is 0.345 e. The van der Waals surface area contributed by atoms with E-state index in [1.165, 1.54) is 0 Å². The van der Waals surface area contributed by atoms with Gasteiger partial charge in [-0.2, -0.15) is 5.11 Å². The number of nitrogens with one attached hydrogen (secondary N) is 2. The molecule has 1 aliphatic heterocycles. The maximum absolute atomic E-state index is 13.7. The molecule has 1 atom stereocenters. The molecule has 9 nitrogen and oxygen atoms in total. The van der Waals surface area contributed by atoms with Crippen LogP contribution in [0.5, 0.6) is 0 Å². The average Bonchev–Trinajstić information content (AvgIpc) is 3.74. The summed E-state index contributed by atoms with van der Waals surface area (Å²) in [5, 5.41) is 11.0. The van der Waals surface area contributed by atoms with Crippen LogP contribution in [0.2, 0.25) is 0 Å². The summed E-state index contributed by atoms with van der Waals surface area (Å²) in [6.45, 7) is 3.11. The molecule has 0 radical (unpaired) electrons. The minimum atomic E-state index is -0.486. The summed E-state index contributed by atoms with van der Waals surface area (Å²) < 4.78 is 0. The lowest BCUT2D eigenvalue weighted by molar-refractivity contribution is -0.129. The molecule has 228 valence electrons. The molecule has 0 unspecified atom stereocenters. The maximum atomic E-state index is 13.7. The predicted molar refractivity (Wildman–Crippen MR) is 176 cm³/mol. The number of benzene rings is 3. The Labute approximate surface area is 258 Å². The number of carbonyl (C=O) groups is 2. The molecule has 4 N–H and O–H groups in total. The predicted octanol–water partition coefficient (Wildman–Crippen LogP) is 6.87. The minimum absolute atomic E-state index is 0. The Morgan fingerprint density at radius 2 is 1.73 bits per heavy atom. The lowest BCUT2D eigenvalue weighted by atomic mass is 9.77. The van der Waals surface area contributed by atoms with E-state index in [4.69, 9.17) is 5.73 Å². The number of hydrogen-bond acceptors (Lipinski definition) is 7. The molecule has 1 aliphatic carbocycles. The normalized spacial score (nSPS) is 18.5. The average molecular weight is 592 g/mol. The maximum Gasteiger partial charge on any atom is 0.228 e. The summed E-state index contributed by atoms with van der Waals surface area (Å²) >= 11 is 0. The number of aliphatic imine (C=N–C) groups is 1. The third kappa shape index (κ3) is 7.00. The summed E-state index contributed by atoms with van der Waals surface area (Å²) in [6, 6.07) is 19.9. The molecular formula is C35H41N7O2. The molecule has 44 heavy (non-hydrogen) atoms. The summed E-state index contributed by atoms with van der Waals surface area (Å²) in [6.07, 6.45) is 6.06. The van der Waals surface area contributed by atoms with E-state index in [0.29, 0.717) is 37.1 Å². The van der Waals surface area contributed by atoms with Crippen molar-refractivity contribution in [1.82, 2.24) is 9.97 Å². The van der Waals surface area contributed by atoms with E-state index < -0.39 is 5.92 Å². The van der Waals surface area contributed by atoms with Crippen LogP contribution in [0.1, 0.15) is 56.2 Å². The molecule has 1 amide bonds. The second-order valence-electron chi connectivity index (χ2n) is 11.7. The molecule has 2 aliphatic rings. The lowest BCUT2D eigenvalue weighted by Crippen LogP contribution is -2.31. The number of ketones is 1. The van der Waals surface area contributed by atoms with E-state index in [0.717, 1.165) is 64.5 Å². The van der Waals surface area contributed by atoms with E-state index >= 15 is 0 Å². The van der Waals surface area contributed by atoms with Crippen molar-refractivity contribution in [3.8, 4) is 11.1 Å². The molecule has 0 spiro atoms. The molecule has 1 fully saturated rings. The van der Waals surface area contributed by atoms with Crippen molar-refractivity contribution < 1.29 is 9.59 Å². The van der Waals surface area contributed by atoms with Gasteiger partial charge in [0.05, 0.1) is 17.4 Å². The zero-order valence-electron chi connectivity index (χ0n) is 24.4. The number of Topliss-reactive ketones (excluding diaryl/α,β-unsaturated/α-hetero) is 1. The number of azo groups is 1. The summed E-state index contributed by atoms with van der Waals surface area (Å²) in [5.41, 5.74) is 13.7. The van der Waals surface area contributed by atoms with E-state index in [2.05, 4.69) is 73.8 Å². The van der Waals surface area contributed by atoms with Crippen molar-refractivity contribution >= 4 is 34.2 Å². The number of H-pyrrole nitrogens is 1. The number of amidine groups is 1. The molecular weight excluding hydrogens is 550 g/mol. The summed E-state index contributed by atoms with van der Waals surface area (Å²) in [5.74, 6) is 0.627. The van der Waals surface area contributed by atoms with Crippen LogP contribution < -0.4 is 11.1 Å². The van der Waals surface area contributed by atoms with Crippen LogP contribution in [-0.2, 0) is 16.0 Å². The molecule has 9 heteroatoms. The fraction of sp³-hybridized carbons (Fsp3) is 0.371. The van der Waals surface area contributed by atoms with Gasteiger partial charge in [0.15, 0.2) is 12.5 Å². The third-order valence-corrected chi connectivity index (χ3v) is 8.83. The van der Waals surface area contributed by atoms with Gasteiger partial charge < -0.3 is 16.0 Å². The van der Waals surface area contributed by atoms with E-state index in [9.17, 15) is 9.59 Å². The fourth-order valence-corrected chi connectivity index (χ4v) is 6.22. The second-order valence-corrected chi connectivity index (χ2v) is 11.7. The first-order chi connectivity index (χ1) is 21.0. The SMILES string of the molecule is C.Cc1cc2[nH]cnc2cc1-c1ccc(C[C@H](CC(=O)C2CCC(CN)CC2)C(=O)Nc2ccc(C3=NCN=N3)cc2)cc1. The van der Waals surface area contributed by atoms with Gasteiger partial charge >= 0.3 is 0 Å². The molecule has 1 aromatic heterocycles. The number of fused-ring (bicyclic) bond motifs is 1. The molecule has 3 aromatic carbocycles. The van der Waals surface area contributed by atoms with E-state index in [1.807, 2.05) is 24.3 Å². The van der Waals surface area contributed by atoms with Gasteiger partial charge in [0.1, 0.15) is 5.78 Å². The van der Waals surface area contributed by atoms with Gasteiger partial charge in [0, 0.05) is 29.5 Å². The molecule has 2 heterocycles. The Bertz CT molecular complexity index is 1660. The van der Waals surface area contributed by atoms with Crippen molar-refractivity contribution in [2.24, 2.45) is 38.7 Å². The van der Waals surface area contributed by atoms with Crippen molar-refractivity contribution in [2.75, 3.05) is 18.5 Å². The Balaban J connectivity index is 0.00000384. The van der Waals surface area contributed by atoms with E-state index in [-0.39, 0.29) is 31.5 Å². The monoisotopic (exact) mass is 591 g/mol. The Hall–Kier alpha value is -4.50. The first-order valence-electron chi connectivity index (χ1n) is 15.1. The highest BCUT2D eigenvalue weighted by Crippen LogP contribution is 2.32. The first-order valence-corrected chi connectivity index (χ1v) is 15.1. The van der Waals surface area contributed by atoms with Crippen LogP contribution >= 0.6 is 0 Å². The van der Waals surface area contributed by atoms with Crippen LogP contribution in [-0.4, -0.2) is 40.7 Å². The topological polar surface area (TPSA) is 138 Å². The van der Waals surface area contributed by atoms with Crippen molar-refractivity contribution in [2.45, 2.75) is 52.9 Å². The number of carbonyl (C=O) groups excluding carboxylic acids is 2. The highest BCUT2D eigenvalue weighted by molar-refractivity contribution is 6.01. The highest BCUT2D eigenvalue weighted by Gasteiger charge is 2.30. The van der Waals surface area contributed by atoms with E-state index in [1.54, 1.807) is 6.33 Å². The summed E-state index contributed by atoms with van der Waals surface area (Å²) in [4.78, 5) is 38.9.